The average Bonchev–Trinajstić information content (AvgIpc) is 3.32. The Morgan fingerprint density at radius 2 is 2.00 bits per heavy atom. The predicted octanol–water partition coefficient (Wildman–Crippen LogP) is 2.45. The summed E-state index contributed by atoms with van der Waals surface area (Å²) in [7, 11) is 0. The number of aliphatic hydroxyl groups is 1. The van der Waals surface area contributed by atoms with Crippen LogP contribution in [0.3, 0.4) is 0 Å². The summed E-state index contributed by atoms with van der Waals surface area (Å²) in [4.78, 5) is 26.3. The van der Waals surface area contributed by atoms with Crippen LogP contribution in [0.2, 0.25) is 0 Å². The van der Waals surface area contributed by atoms with E-state index < -0.39 is 12.3 Å². The number of Topliss-reactive ketones (excluding diaryl/α,β-unsaturated/α-hetero) is 1. The number of benzene rings is 2. The SMILES string of the molecule is CCc1ccc2c(c1)[C@@H](NC[C@@H](O)[C@@H](NCc1ccccc1)NC(=O)CN1CCC(=O)C1)CC1(CCC1)O2. The Kier molecular flexibility index (Phi) is 8.43. The van der Waals surface area contributed by atoms with Gasteiger partial charge in [0.2, 0.25) is 5.91 Å². The Morgan fingerprint density at radius 3 is 2.68 bits per heavy atom. The lowest BCUT2D eigenvalue weighted by molar-refractivity contribution is -0.124. The van der Waals surface area contributed by atoms with Crippen LogP contribution >= 0.6 is 0 Å². The molecule has 8 nitrogen and oxygen atoms in total. The molecule has 204 valence electrons. The van der Waals surface area contributed by atoms with Gasteiger partial charge in [-0.3, -0.25) is 19.8 Å². The Bertz CT molecular complexity index is 1120. The first-order chi connectivity index (χ1) is 18.4. The van der Waals surface area contributed by atoms with Gasteiger partial charge < -0.3 is 20.5 Å². The van der Waals surface area contributed by atoms with E-state index in [-0.39, 0.29) is 29.9 Å². The largest absolute Gasteiger partial charge is 0.487 e. The number of ether oxygens (including phenoxy) is 1. The number of aliphatic hydroxyl groups excluding tert-OH is 1. The number of fused-ring (bicyclic) bond motifs is 1. The number of hydrogen-bond donors (Lipinski definition) is 4. The molecule has 1 saturated carbocycles. The molecule has 0 aromatic heterocycles. The number of nitrogens with one attached hydrogen (secondary N) is 3. The molecule has 2 heterocycles. The minimum atomic E-state index is -0.860. The summed E-state index contributed by atoms with van der Waals surface area (Å²) in [5.41, 5.74) is 3.36. The van der Waals surface area contributed by atoms with E-state index in [9.17, 15) is 14.7 Å². The van der Waals surface area contributed by atoms with Crippen LogP contribution in [0.25, 0.3) is 0 Å². The average molecular weight is 521 g/mol. The lowest BCUT2D eigenvalue weighted by Gasteiger charge is -2.48. The monoisotopic (exact) mass is 520 g/mol. The third kappa shape index (κ3) is 6.43. The molecular formula is C30H40N4O4. The summed E-state index contributed by atoms with van der Waals surface area (Å²) in [5, 5.41) is 21.2. The van der Waals surface area contributed by atoms with Crippen LogP contribution in [-0.2, 0) is 22.6 Å². The van der Waals surface area contributed by atoms with E-state index in [0.29, 0.717) is 32.6 Å². The van der Waals surface area contributed by atoms with Gasteiger partial charge in [0.1, 0.15) is 23.3 Å². The van der Waals surface area contributed by atoms with Crippen molar-refractivity contribution >= 4 is 11.7 Å². The van der Waals surface area contributed by atoms with Gasteiger partial charge in [-0.15, -0.1) is 0 Å². The molecule has 2 fully saturated rings. The Hall–Kier alpha value is -2.78. The fourth-order valence-electron chi connectivity index (χ4n) is 5.73. The van der Waals surface area contributed by atoms with Crippen molar-refractivity contribution in [3.05, 3.63) is 65.2 Å². The van der Waals surface area contributed by atoms with E-state index >= 15 is 0 Å². The van der Waals surface area contributed by atoms with E-state index in [0.717, 1.165) is 42.6 Å². The number of rotatable bonds is 11. The number of likely N-dealkylation sites (tertiary alicyclic amines) is 1. The van der Waals surface area contributed by atoms with Crippen molar-refractivity contribution in [1.29, 1.82) is 0 Å². The second kappa shape index (κ2) is 11.9. The molecule has 8 heteroatoms. The highest BCUT2D eigenvalue weighted by atomic mass is 16.5. The van der Waals surface area contributed by atoms with Gasteiger partial charge in [0.25, 0.3) is 0 Å². The summed E-state index contributed by atoms with van der Waals surface area (Å²) >= 11 is 0. The van der Waals surface area contributed by atoms with Crippen LogP contribution in [0.5, 0.6) is 5.75 Å². The third-order valence-corrected chi connectivity index (χ3v) is 8.14. The molecule has 3 aliphatic rings. The maximum atomic E-state index is 12.9. The van der Waals surface area contributed by atoms with Crippen molar-refractivity contribution in [3.63, 3.8) is 0 Å². The van der Waals surface area contributed by atoms with Crippen molar-refractivity contribution in [2.75, 3.05) is 26.2 Å². The molecule has 2 aliphatic heterocycles. The molecular weight excluding hydrogens is 480 g/mol. The second-order valence-electron chi connectivity index (χ2n) is 11.0. The van der Waals surface area contributed by atoms with E-state index in [1.54, 1.807) is 0 Å². The molecule has 4 N–H and O–H groups in total. The first-order valence-electron chi connectivity index (χ1n) is 14.0. The molecule has 0 unspecified atom stereocenters. The molecule has 1 spiro atoms. The third-order valence-electron chi connectivity index (χ3n) is 8.14. The Balaban J connectivity index is 1.25. The first kappa shape index (κ1) is 26.8. The molecule has 2 aromatic rings. The van der Waals surface area contributed by atoms with Crippen LogP contribution < -0.4 is 20.7 Å². The Labute approximate surface area is 225 Å². The van der Waals surface area contributed by atoms with E-state index in [4.69, 9.17) is 4.74 Å². The highest BCUT2D eigenvalue weighted by Crippen LogP contribution is 2.49. The number of carbonyl (C=O) groups is 2. The van der Waals surface area contributed by atoms with Gasteiger partial charge in [0.15, 0.2) is 0 Å². The van der Waals surface area contributed by atoms with Gasteiger partial charge in [-0.2, -0.15) is 0 Å². The number of carbonyl (C=O) groups excluding carboxylic acids is 2. The smallest absolute Gasteiger partial charge is 0.235 e. The maximum absolute atomic E-state index is 12.9. The van der Waals surface area contributed by atoms with Crippen LogP contribution in [0.15, 0.2) is 48.5 Å². The fourth-order valence-corrected chi connectivity index (χ4v) is 5.73. The lowest BCUT2D eigenvalue weighted by atomic mass is 9.72. The molecule has 1 aliphatic carbocycles. The topological polar surface area (TPSA) is 103 Å². The standard InChI is InChI=1S/C30H40N4O4/c1-2-21-9-10-27-24(15-21)25(16-30(38-27)12-6-13-30)31-18-26(36)29(32-17-22-7-4-3-5-8-22)33-28(37)20-34-14-11-23(35)19-34/h3-5,7-10,15,25-26,29,31-32,36H,2,6,11-14,16-20H2,1H3,(H,33,37)/t25-,26+,29-/m0/s1. The Morgan fingerprint density at radius 1 is 1.18 bits per heavy atom. The molecule has 2 aromatic carbocycles. The van der Waals surface area contributed by atoms with Gasteiger partial charge in [-0.25, -0.2) is 0 Å². The van der Waals surface area contributed by atoms with Gasteiger partial charge in [-0.1, -0.05) is 49.4 Å². The predicted molar refractivity (Wildman–Crippen MR) is 146 cm³/mol. The first-order valence-corrected chi connectivity index (χ1v) is 14.0. The zero-order valence-electron chi connectivity index (χ0n) is 22.2. The van der Waals surface area contributed by atoms with E-state index in [1.807, 2.05) is 35.2 Å². The molecule has 1 saturated heterocycles. The zero-order valence-corrected chi connectivity index (χ0v) is 22.2. The normalized spacial score (nSPS) is 21.8. The fraction of sp³-hybridized carbons (Fsp3) is 0.533. The summed E-state index contributed by atoms with van der Waals surface area (Å²) in [6.07, 6.45) is 4.10. The van der Waals surface area contributed by atoms with Crippen LogP contribution in [0, 0.1) is 0 Å². The van der Waals surface area contributed by atoms with Crippen LogP contribution in [-0.4, -0.2) is 65.7 Å². The van der Waals surface area contributed by atoms with E-state index in [1.165, 1.54) is 12.0 Å². The number of hydrogen-bond acceptors (Lipinski definition) is 7. The molecule has 38 heavy (non-hydrogen) atoms. The van der Waals surface area contributed by atoms with Crippen molar-refractivity contribution in [2.24, 2.45) is 0 Å². The van der Waals surface area contributed by atoms with Crippen molar-refractivity contribution in [3.8, 4) is 5.75 Å². The quantitative estimate of drug-likeness (QED) is 0.338. The minimum absolute atomic E-state index is 0.0706. The number of aryl methyl sites for hydroxylation is 1. The minimum Gasteiger partial charge on any atom is -0.487 e. The van der Waals surface area contributed by atoms with Crippen LogP contribution in [0.4, 0.5) is 0 Å². The molecule has 5 rings (SSSR count). The zero-order chi connectivity index (χ0) is 26.5. The molecule has 3 atom stereocenters. The highest BCUT2D eigenvalue weighted by Gasteiger charge is 2.45. The van der Waals surface area contributed by atoms with E-state index in [2.05, 4.69) is 41.1 Å². The molecule has 0 radical (unpaired) electrons. The second-order valence-corrected chi connectivity index (χ2v) is 11.0. The summed E-state index contributed by atoms with van der Waals surface area (Å²) < 4.78 is 6.45. The summed E-state index contributed by atoms with van der Waals surface area (Å²) in [6.45, 7) is 4.02. The lowest BCUT2D eigenvalue weighted by Crippen LogP contribution is -2.57. The summed E-state index contributed by atoms with van der Waals surface area (Å²) in [5.74, 6) is 0.891. The molecule has 1 amide bonds. The van der Waals surface area contributed by atoms with Crippen molar-refractivity contribution in [2.45, 2.75) is 75.9 Å². The van der Waals surface area contributed by atoms with Crippen molar-refractivity contribution < 1.29 is 19.4 Å². The van der Waals surface area contributed by atoms with Gasteiger partial charge in [0, 0.05) is 44.1 Å². The van der Waals surface area contributed by atoms with Crippen molar-refractivity contribution in [1.82, 2.24) is 20.9 Å². The molecule has 0 bridgehead atoms. The van der Waals surface area contributed by atoms with Gasteiger partial charge >= 0.3 is 0 Å². The van der Waals surface area contributed by atoms with Gasteiger partial charge in [0.05, 0.1) is 19.2 Å². The summed E-state index contributed by atoms with van der Waals surface area (Å²) in [6, 6.07) is 16.4. The highest BCUT2D eigenvalue weighted by molar-refractivity contribution is 5.84. The number of nitrogens with zero attached hydrogens (tertiary/aromatic N) is 1. The maximum Gasteiger partial charge on any atom is 0.235 e. The number of ketones is 1. The van der Waals surface area contributed by atoms with Gasteiger partial charge in [-0.05, 0) is 42.9 Å². The van der Waals surface area contributed by atoms with Crippen LogP contribution in [0.1, 0.15) is 61.8 Å². The number of amides is 1.